The van der Waals surface area contributed by atoms with E-state index >= 15 is 0 Å². The Morgan fingerprint density at radius 1 is 1.28 bits per heavy atom. The van der Waals surface area contributed by atoms with Crippen LogP contribution in [0.5, 0.6) is 0 Å². The lowest BCUT2D eigenvalue weighted by Gasteiger charge is -2.16. The van der Waals surface area contributed by atoms with Crippen LogP contribution in [0.2, 0.25) is 0 Å². The molecule has 0 radical (unpaired) electrons. The number of rotatable bonds is 4. The molecule has 0 saturated carbocycles. The van der Waals surface area contributed by atoms with Gasteiger partial charge in [-0.1, -0.05) is 0 Å². The molecule has 2 atom stereocenters. The zero-order chi connectivity index (χ0) is 13.9. The van der Waals surface area contributed by atoms with Crippen molar-refractivity contribution >= 4 is 5.97 Å². The largest absolute Gasteiger partial charge is 0.464 e. The first kappa shape index (κ1) is 14.5. The number of esters is 1. The highest BCUT2D eigenvalue weighted by atomic mass is 19.2. The third kappa shape index (κ3) is 2.99. The van der Waals surface area contributed by atoms with Crippen molar-refractivity contribution in [3.63, 3.8) is 0 Å². The van der Waals surface area contributed by atoms with Crippen LogP contribution in [0.15, 0.2) is 12.1 Å². The van der Waals surface area contributed by atoms with Gasteiger partial charge >= 0.3 is 5.97 Å². The molecule has 0 fully saturated rings. The summed E-state index contributed by atoms with van der Waals surface area (Å²) in [7, 11) is 0. The molecule has 18 heavy (non-hydrogen) atoms. The molecular formula is C11H11F3O4. The lowest BCUT2D eigenvalue weighted by Crippen LogP contribution is -2.30. The van der Waals surface area contributed by atoms with Crippen LogP contribution in [0.3, 0.4) is 0 Å². The van der Waals surface area contributed by atoms with Crippen molar-refractivity contribution in [1.29, 1.82) is 0 Å². The van der Waals surface area contributed by atoms with Gasteiger partial charge in [0.05, 0.1) is 6.61 Å². The molecule has 4 nitrogen and oxygen atoms in total. The molecule has 0 aromatic heterocycles. The number of aliphatic hydroxyl groups is 2. The highest BCUT2D eigenvalue weighted by Crippen LogP contribution is 2.22. The Bertz CT molecular complexity index is 427. The SMILES string of the molecule is CCOC(=O)C(O)C(O)c1cc(F)c(F)c(F)c1. The van der Waals surface area contributed by atoms with Crippen molar-refractivity contribution in [3.05, 3.63) is 35.1 Å². The number of benzene rings is 1. The summed E-state index contributed by atoms with van der Waals surface area (Å²) in [6.45, 7) is 1.45. The van der Waals surface area contributed by atoms with Gasteiger partial charge in [-0.05, 0) is 24.6 Å². The summed E-state index contributed by atoms with van der Waals surface area (Å²) in [4.78, 5) is 11.1. The number of aliphatic hydroxyl groups excluding tert-OH is 2. The van der Waals surface area contributed by atoms with Gasteiger partial charge in [0.1, 0.15) is 6.10 Å². The van der Waals surface area contributed by atoms with Gasteiger partial charge in [-0.25, -0.2) is 18.0 Å². The number of carbonyl (C=O) groups excluding carboxylic acids is 1. The first-order valence-corrected chi connectivity index (χ1v) is 5.05. The number of halogens is 3. The summed E-state index contributed by atoms with van der Waals surface area (Å²) in [5.74, 6) is -5.90. The normalized spacial score (nSPS) is 14.1. The van der Waals surface area contributed by atoms with Crippen molar-refractivity contribution in [1.82, 2.24) is 0 Å². The van der Waals surface area contributed by atoms with Crippen molar-refractivity contribution < 1.29 is 32.9 Å². The van der Waals surface area contributed by atoms with E-state index in [1.165, 1.54) is 6.92 Å². The minimum absolute atomic E-state index is 0.0330. The number of hydrogen-bond acceptors (Lipinski definition) is 4. The minimum Gasteiger partial charge on any atom is -0.464 e. The zero-order valence-electron chi connectivity index (χ0n) is 9.36. The minimum atomic E-state index is -2.01. The Kier molecular flexibility index (Phi) is 4.69. The topological polar surface area (TPSA) is 66.8 Å². The number of ether oxygens (including phenoxy) is 1. The molecule has 0 aliphatic carbocycles. The predicted octanol–water partition coefficient (Wildman–Crippen LogP) is 1.06. The van der Waals surface area contributed by atoms with E-state index in [0.29, 0.717) is 12.1 Å². The predicted molar refractivity (Wildman–Crippen MR) is 53.9 cm³/mol. The van der Waals surface area contributed by atoms with Gasteiger partial charge in [-0.3, -0.25) is 0 Å². The summed E-state index contributed by atoms with van der Waals surface area (Å²) in [6, 6.07) is 0.983. The molecule has 0 aliphatic heterocycles. The molecule has 0 spiro atoms. The maximum Gasteiger partial charge on any atom is 0.338 e. The number of carbonyl (C=O) groups is 1. The lowest BCUT2D eigenvalue weighted by molar-refractivity contribution is -0.159. The van der Waals surface area contributed by atoms with Crippen LogP contribution in [0, 0.1) is 17.5 Å². The summed E-state index contributed by atoms with van der Waals surface area (Å²) >= 11 is 0. The van der Waals surface area contributed by atoms with Crippen LogP contribution in [-0.2, 0) is 9.53 Å². The number of hydrogen-bond donors (Lipinski definition) is 2. The second-order valence-electron chi connectivity index (χ2n) is 3.44. The Morgan fingerprint density at radius 2 is 1.78 bits per heavy atom. The Balaban J connectivity index is 2.97. The molecule has 1 aromatic rings. The second kappa shape index (κ2) is 5.83. The monoisotopic (exact) mass is 264 g/mol. The fourth-order valence-corrected chi connectivity index (χ4v) is 1.28. The van der Waals surface area contributed by atoms with E-state index < -0.39 is 41.2 Å². The fourth-order valence-electron chi connectivity index (χ4n) is 1.28. The first-order chi connectivity index (χ1) is 8.38. The summed E-state index contributed by atoms with van der Waals surface area (Å²) in [5.41, 5.74) is -0.466. The van der Waals surface area contributed by atoms with Crippen molar-refractivity contribution in [3.8, 4) is 0 Å². The van der Waals surface area contributed by atoms with E-state index in [2.05, 4.69) is 4.74 Å². The maximum absolute atomic E-state index is 12.9. The molecule has 1 rings (SSSR count). The third-order valence-electron chi connectivity index (χ3n) is 2.17. The molecule has 0 bridgehead atoms. The maximum atomic E-state index is 12.9. The Labute approximate surface area is 101 Å². The standard InChI is InChI=1S/C11H11F3O4/c1-2-18-11(17)10(16)9(15)5-3-6(12)8(14)7(13)4-5/h3-4,9-10,15-16H,2H2,1H3. The van der Waals surface area contributed by atoms with Gasteiger partial charge in [-0.2, -0.15) is 0 Å². The van der Waals surface area contributed by atoms with Crippen LogP contribution >= 0.6 is 0 Å². The molecule has 7 heteroatoms. The lowest BCUT2D eigenvalue weighted by atomic mass is 10.0. The van der Waals surface area contributed by atoms with E-state index in [9.17, 15) is 28.2 Å². The fraction of sp³-hybridized carbons (Fsp3) is 0.364. The average Bonchev–Trinajstić information content (AvgIpc) is 2.33. The Morgan fingerprint density at radius 3 is 2.22 bits per heavy atom. The van der Waals surface area contributed by atoms with Gasteiger partial charge in [0.2, 0.25) is 0 Å². The van der Waals surface area contributed by atoms with Crippen LogP contribution in [0.4, 0.5) is 13.2 Å². The van der Waals surface area contributed by atoms with Crippen molar-refractivity contribution in [2.75, 3.05) is 6.61 Å². The first-order valence-electron chi connectivity index (χ1n) is 5.05. The molecular weight excluding hydrogens is 253 g/mol. The van der Waals surface area contributed by atoms with Crippen LogP contribution < -0.4 is 0 Å². The highest BCUT2D eigenvalue weighted by molar-refractivity contribution is 5.75. The molecule has 1 aromatic carbocycles. The van der Waals surface area contributed by atoms with E-state index in [0.717, 1.165) is 0 Å². The molecule has 2 N–H and O–H groups in total. The smallest absolute Gasteiger partial charge is 0.338 e. The average molecular weight is 264 g/mol. The van der Waals surface area contributed by atoms with E-state index in [1.54, 1.807) is 0 Å². The summed E-state index contributed by atoms with van der Waals surface area (Å²) in [5, 5.41) is 18.9. The molecule has 2 unspecified atom stereocenters. The second-order valence-corrected chi connectivity index (χ2v) is 3.44. The van der Waals surface area contributed by atoms with Crippen molar-refractivity contribution in [2.45, 2.75) is 19.1 Å². The summed E-state index contributed by atoms with van der Waals surface area (Å²) in [6.07, 6.45) is -3.91. The highest BCUT2D eigenvalue weighted by Gasteiger charge is 2.28. The van der Waals surface area contributed by atoms with Gasteiger partial charge in [-0.15, -0.1) is 0 Å². The quantitative estimate of drug-likeness (QED) is 0.630. The van der Waals surface area contributed by atoms with Gasteiger partial charge < -0.3 is 14.9 Å². The van der Waals surface area contributed by atoms with Gasteiger partial charge in [0, 0.05) is 0 Å². The molecule has 100 valence electrons. The van der Waals surface area contributed by atoms with Crippen molar-refractivity contribution in [2.24, 2.45) is 0 Å². The molecule has 0 aliphatic rings. The molecule has 0 amide bonds. The van der Waals surface area contributed by atoms with E-state index in [1.807, 2.05) is 0 Å². The van der Waals surface area contributed by atoms with E-state index in [-0.39, 0.29) is 6.61 Å². The van der Waals surface area contributed by atoms with E-state index in [4.69, 9.17) is 0 Å². The molecule has 0 heterocycles. The third-order valence-corrected chi connectivity index (χ3v) is 2.17. The van der Waals surface area contributed by atoms with Crippen LogP contribution in [0.1, 0.15) is 18.6 Å². The van der Waals surface area contributed by atoms with Crippen LogP contribution in [-0.4, -0.2) is 28.9 Å². The Hall–Kier alpha value is -1.60. The molecule has 0 saturated heterocycles. The van der Waals surface area contributed by atoms with Gasteiger partial charge in [0.15, 0.2) is 23.6 Å². The zero-order valence-corrected chi connectivity index (χ0v) is 9.36. The van der Waals surface area contributed by atoms with Gasteiger partial charge in [0.25, 0.3) is 0 Å². The summed E-state index contributed by atoms with van der Waals surface area (Å²) < 4.78 is 42.9. The van der Waals surface area contributed by atoms with Crippen LogP contribution in [0.25, 0.3) is 0 Å².